The van der Waals surface area contributed by atoms with E-state index in [4.69, 9.17) is 0 Å². The fraction of sp³-hybridized carbons (Fsp3) is 0.625. The first-order valence-electron chi connectivity index (χ1n) is 6.61. The molecule has 0 aromatic carbocycles. The molecule has 0 aliphatic carbocycles. The van der Waals surface area contributed by atoms with E-state index in [-0.39, 0.29) is 0 Å². The zero-order valence-corrected chi connectivity index (χ0v) is 12.4. The van der Waals surface area contributed by atoms with E-state index in [0.29, 0.717) is 12.0 Å². The van der Waals surface area contributed by atoms with E-state index in [2.05, 4.69) is 65.6 Å². The van der Waals surface area contributed by atoms with E-state index in [1.165, 1.54) is 16.8 Å². The van der Waals surface area contributed by atoms with Crippen LogP contribution in [-0.2, 0) is 0 Å². The minimum absolute atomic E-state index is 0.501. The highest BCUT2D eigenvalue weighted by Gasteiger charge is 2.00. The van der Waals surface area contributed by atoms with Crippen LogP contribution in [0.25, 0.3) is 0 Å². The number of rotatable bonds is 7. The summed E-state index contributed by atoms with van der Waals surface area (Å²) in [5, 5.41) is 3.38. The third kappa shape index (κ3) is 8.79. The molecule has 0 amide bonds. The van der Waals surface area contributed by atoms with Crippen molar-refractivity contribution in [2.45, 2.75) is 60.4 Å². The summed E-state index contributed by atoms with van der Waals surface area (Å²) < 4.78 is 0. The molecule has 98 valence electrons. The van der Waals surface area contributed by atoms with Gasteiger partial charge in [0.25, 0.3) is 0 Å². The molecule has 0 heterocycles. The van der Waals surface area contributed by atoms with E-state index in [0.717, 1.165) is 12.8 Å². The average molecular weight is 235 g/mol. The lowest BCUT2D eigenvalue weighted by molar-refractivity contribution is 0.669. The van der Waals surface area contributed by atoms with Crippen molar-refractivity contribution in [2.75, 3.05) is 0 Å². The zero-order valence-electron chi connectivity index (χ0n) is 12.4. The second-order valence-electron chi connectivity index (χ2n) is 5.47. The highest BCUT2D eigenvalue weighted by Crippen LogP contribution is 2.16. The molecule has 0 aromatic heterocycles. The molecule has 1 nitrogen and oxygen atoms in total. The molecule has 0 unspecified atom stereocenters. The van der Waals surface area contributed by atoms with Crippen LogP contribution < -0.4 is 5.32 Å². The molecule has 0 atom stereocenters. The van der Waals surface area contributed by atoms with Crippen LogP contribution in [0.15, 0.2) is 35.6 Å². The van der Waals surface area contributed by atoms with Gasteiger partial charge in [0, 0.05) is 11.7 Å². The van der Waals surface area contributed by atoms with Crippen molar-refractivity contribution >= 4 is 0 Å². The molecule has 0 saturated carbocycles. The molecule has 0 spiro atoms. The fourth-order valence-corrected chi connectivity index (χ4v) is 1.50. The van der Waals surface area contributed by atoms with Crippen molar-refractivity contribution in [3.63, 3.8) is 0 Å². The van der Waals surface area contributed by atoms with Crippen molar-refractivity contribution in [1.82, 2.24) is 5.32 Å². The van der Waals surface area contributed by atoms with Crippen LogP contribution in [0.1, 0.15) is 54.4 Å². The van der Waals surface area contributed by atoms with Crippen LogP contribution in [-0.4, -0.2) is 6.04 Å². The van der Waals surface area contributed by atoms with Crippen LogP contribution in [0.2, 0.25) is 0 Å². The van der Waals surface area contributed by atoms with Gasteiger partial charge in [-0.1, -0.05) is 37.6 Å². The topological polar surface area (TPSA) is 12.0 Å². The molecule has 1 heteroatoms. The van der Waals surface area contributed by atoms with Crippen molar-refractivity contribution in [2.24, 2.45) is 5.92 Å². The summed E-state index contributed by atoms with van der Waals surface area (Å²) in [6.07, 6.45) is 6.58. The molecule has 1 N–H and O–H groups in total. The Balaban J connectivity index is 4.14. The standard InChI is InChI=1S/C16H29N/c1-12(2)15(6)10-8-14(5)9-11-16(7)17-13(3)4/h9,11-13,17H,6,8,10H2,1-5,7H3/b14-9+,16-11+. The van der Waals surface area contributed by atoms with Gasteiger partial charge in [0.2, 0.25) is 0 Å². The molecule has 0 fully saturated rings. The fourth-order valence-electron chi connectivity index (χ4n) is 1.50. The molecule has 0 rings (SSSR count). The Labute approximate surface area is 108 Å². The number of hydrogen-bond acceptors (Lipinski definition) is 1. The lowest BCUT2D eigenvalue weighted by atomic mass is 9.98. The highest BCUT2D eigenvalue weighted by atomic mass is 14.9. The largest absolute Gasteiger partial charge is 0.386 e. The van der Waals surface area contributed by atoms with Gasteiger partial charge in [-0.15, -0.1) is 0 Å². The van der Waals surface area contributed by atoms with Gasteiger partial charge >= 0.3 is 0 Å². The molecular weight excluding hydrogens is 206 g/mol. The smallest absolute Gasteiger partial charge is 0.0201 e. The van der Waals surface area contributed by atoms with E-state index >= 15 is 0 Å². The van der Waals surface area contributed by atoms with Gasteiger partial charge in [0.1, 0.15) is 0 Å². The van der Waals surface area contributed by atoms with Crippen molar-refractivity contribution in [3.8, 4) is 0 Å². The Morgan fingerprint density at radius 2 is 1.65 bits per heavy atom. The first-order chi connectivity index (χ1) is 7.82. The minimum atomic E-state index is 0.501. The third-order valence-electron chi connectivity index (χ3n) is 2.79. The van der Waals surface area contributed by atoms with Gasteiger partial charge in [0.15, 0.2) is 0 Å². The normalized spacial score (nSPS) is 13.4. The Morgan fingerprint density at radius 1 is 1.06 bits per heavy atom. The molecule has 17 heavy (non-hydrogen) atoms. The summed E-state index contributed by atoms with van der Waals surface area (Å²) in [7, 11) is 0. The van der Waals surface area contributed by atoms with Crippen LogP contribution in [0.4, 0.5) is 0 Å². The summed E-state index contributed by atoms with van der Waals surface area (Å²) in [6, 6.07) is 0.501. The number of allylic oxidation sites excluding steroid dienone is 5. The first kappa shape index (κ1) is 16.0. The summed E-state index contributed by atoms with van der Waals surface area (Å²) in [5.74, 6) is 0.600. The van der Waals surface area contributed by atoms with Gasteiger partial charge in [-0.3, -0.25) is 0 Å². The maximum Gasteiger partial charge on any atom is 0.0201 e. The van der Waals surface area contributed by atoms with Crippen molar-refractivity contribution in [3.05, 3.63) is 35.6 Å². The SMILES string of the molecule is C=C(CC/C(C)=C/C=C(\C)NC(C)C)C(C)C. The van der Waals surface area contributed by atoms with Gasteiger partial charge in [-0.05, 0) is 52.5 Å². The molecule has 0 saturated heterocycles. The molecular formula is C16H29N. The Morgan fingerprint density at radius 3 is 2.12 bits per heavy atom. The molecule has 0 aliphatic heterocycles. The monoisotopic (exact) mass is 235 g/mol. The van der Waals surface area contributed by atoms with E-state index in [9.17, 15) is 0 Å². The van der Waals surface area contributed by atoms with Gasteiger partial charge in [-0.2, -0.15) is 0 Å². The van der Waals surface area contributed by atoms with Crippen LogP contribution >= 0.6 is 0 Å². The quantitative estimate of drug-likeness (QED) is 0.492. The van der Waals surface area contributed by atoms with Crippen LogP contribution in [0.5, 0.6) is 0 Å². The summed E-state index contributed by atoms with van der Waals surface area (Å²) in [4.78, 5) is 0. The maximum atomic E-state index is 4.11. The van der Waals surface area contributed by atoms with Crippen molar-refractivity contribution < 1.29 is 0 Å². The van der Waals surface area contributed by atoms with Crippen LogP contribution in [0.3, 0.4) is 0 Å². The lowest BCUT2D eigenvalue weighted by Crippen LogP contribution is -2.19. The number of nitrogens with one attached hydrogen (secondary N) is 1. The average Bonchev–Trinajstić information content (AvgIpc) is 2.21. The van der Waals surface area contributed by atoms with Gasteiger partial charge in [-0.25, -0.2) is 0 Å². The Bertz CT molecular complexity index is 293. The highest BCUT2D eigenvalue weighted by molar-refractivity contribution is 5.16. The lowest BCUT2D eigenvalue weighted by Gasteiger charge is -2.10. The molecule has 0 bridgehead atoms. The van der Waals surface area contributed by atoms with Crippen LogP contribution in [0, 0.1) is 5.92 Å². The van der Waals surface area contributed by atoms with Gasteiger partial charge in [0.05, 0.1) is 0 Å². The number of hydrogen-bond donors (Lipinski definition) is 1. The van der Waals surface area contributed by atoms with E-state index in [1.807, 2.05) is 0 Å². The van der Waals surface area contributed by atoms with E-state index < -0.39 is 0 Å². The maximum absolute atomic E-state index is 4.11. The predicted molar refractivity (Wildman–Crippen MR) is 79.0 cm³/mol. The van der Waals surface area contributed by atoms with Crippen molar-refractivity contribution in [1.29, 1.82) is 0 Å². The van der Waals surface area contributed by atoms with E-state index in [1.54, 1.807) is 0 Å². The molecule has 0 aliphatic rings. The third-order valence-corrected chi connectivity index (χ3v) is 2.79. The second kappa shape index (κ2) is 8.16. The summed E-state index contributed by atoms with van der Waals surface area (Å²) in [6.45, 7) is 17.1. The van der Waals surface area contributed by atoms with Gasteiger partial charge < -0.3 is 5.32 Å². The summed E-state index contributed by atoms with van der Waals surface area (Å²) >= 11 is 0. The summed E-state index contributed by atoms with van der Waals surface area (Å²) in [5.41, 5.74) is 3.98. The minimum Gasteiger partial charge on any atom is -0.386 e. The second-order valence-corrected chi connectivity index (χ2v) is 5.47. The first-order valence-corrected chi connectivity index (χ1v) is 6.61. The Hall–Kier alpha value is -0.980. The molecule has 0 aromatic rings. The predicted octanol–water partition coefficient (Wildman–Crippen LogP) is 4.83. The zero-order chi connectivity index (χ0) is 13.4. The Kier molecular flexibility index (Phi) is 7.69. The molecule has 0 radical (unpaired) electrons.